The number of carbonyl (C=O) groups is 3. The van der Waals surface area contributed by atoms with Crippen LogP contribution in [0.3, 0.4) is 0 Å². The number of hydrogen-bond donors (Lipinski definition) is 0. The number of Topliss-reactive ketones (excluding diaryl/α,β-unsaturated/α-hetero) is 2. The SMILES string of the molecule is CC(=O)CCC=C(C)C.CCCCCC1C(=O)CCC1CC(=O)OC. The van der Waals surface area contributed by atoms with Crippen LogP contribution >= 0.6 is 0 Å². The summed E-state index contributed by atoms with van der Waals surface area (Å²) in [6, 6.07) is 0. The Bertz CT molecular complexity index is 447. The average Bonchev–Trinajstić information content (AvgIpc) is 2.88. The van der Waals surface area contributed by atoms with Crippen molar-refractivity contribution in [2.45, 2.75) is 85.5 Å². The van der Waals surface area contributed by atoms with Crippen LogP contribution in [-0.4, -0.2) is 24.6 Å². The molecule has 2 unspecified atom stereocenters. The van der Waals surface area contributed by atoms with Gasteiger partial charge in [-0.05, 0) is 46.0 Å². The molecule has 0 radical (unpaired) electrons. The third-order valence-corrected chi connectivity index (χ3v) is 4.57. The summed E-state index contributed by atoms with van der Waals surface area (Å²) in [5, 5.41) is 0. The number of ketones is 2. The minimum atomic E-state index is -0.180. The molecule has 1 saturated carbocycles. The molecule has 4 heteroatoms. The summed E-state index contributed by atoms with van der Waals surface area (Å²) in [5.41, 5.74) is 1.29. The highest BCUT2D eigenvalue weighted by atomic mass is 16.5. The van der Waals surface area contributed by atoms with Crippen LogP contribution in [0, 0.1) is 11.8 Å². The van der Waals surface area contributed by atoms with E-state index in [1.807, 2.05) is 13.8 Å². The van der Waals surface area contributed by atoms with Crippen LogP contribution < -0.4 is 0 Å². The molecule has 0 N–H and O–H groups in total. The van der Waals surface area contributed by atoms with E-state index in [0.29, 0.717) is 25.0 Å². The lowest BCUT2D eigenvalue weighted by atomic mass is 9.88. The van der Waals surface area contributed by atoms with E-state index in [1.54, 1.807) is 6.92 Å². The Hall–Kier alpha value is -1.45. The van der Waals surface area contributed by atoms with E-state index in [0.717, 1.165) is 25.7 Å². The average molecular weight is 353 g/mol. The third-order valence-electron chi connectivity index (χ3n) is 4.57. The Labute approximate surface area is 153 Å². The molecule has 0 spiro atoms. The van der Waals surface area contributed by atoms with Crippen molar-refractivity contribution in [1.29, 1.82) is 0 Å². The summed E-state index contributed by atoms with van der Waals surface area (Å²) in [6.07, 6.45) is 10.0. The van der Waals surface area contributed by atoms with Gasteiger partial charge in [0.1, 0.15) is 11.6 Å². The molecule has 1 fully saturated rings. The molecule has 0 amide bonds. The van der Waals surface area contributed by atoms with Gasteiger partial charge in [-0.15, -0.1) is 0 Å². The highest BCUT2D eigenvalue weighted by Crippen LogP contribution is 2.35. The Balaban J connectivity index is 0.000000547. The third kappa shape index (κ3) is 11.7. The number of allylic oxidation sites excluding steroid dienone is 2. The van der Waals surface area contributed by atoms with Gasteiger partial charge in [0.15, 0.2) is 0 Å². The summed E-state index contributed by atoms with van der Waals surface area (Å²) in [5.74, 6) is 0.792. The van der Waals surface area contributed by atoms with Crippen LogP contribution in [-0.2, 0) is 19.1 Å². The zero-order chi connectivity index (χ0) is 19.2. The van der Waals surface area contributed by atoms with Gasteiger partial charge in [-0.1, -0.05) is 37.8 Å². The second-order valence-corrected chi connectivity index (χ2v) is 7.17. The molecule has 0 aliphatic heterocycles. The lowest BCUT2D eigenvalue weighted by molar-refractivity contribution is -0.142. The molecule has 2 atom stereocenters. The molecule has 0 bridgehead atoms. The van der Waals surface area contributed by atoms with Crippen molar-refractivity contribution in [3.63, 3.8) is 0 Å². The zero-order valence-corrected chi connectivity index (χ0v) is 16.7. The Morgan fingerprint density at radius 1 is 1.20 bits per heavy atom. The highest BCUT2D eigenvalue weighted by Gasteiger charge is 2.35. The fourth-order valence-electron chi connectivity index (χ4n) is 3.09. The van der Waals surface area contributed by atoms with Gasteiger partial charge < -0.3 is 9.53 Å². The van der Waals surface area contributed by atoms with E-state index in [4.69, 9.17) is 0 Å². The van der Waals surface area contributed by atoms with Crippen molar-refractivity contribution in [1.82, 2.24) is 0 Å². The van der Waals surface area contributed by atoms with E-state index >= 15 is 0 Å². The van der Waals surface area contributed by atoms with Gasteiger partial charge >= 0.3 is 5.97 Å². The number of carbonyl (C=O) groups excluding carboxylic acids is 3. The van der Waals surface area contributed by atoms with Gasteiger partial charge in [0.25, 0.3) is 0 Å². The van der Waals surface area contributed by atoms with Crippen molar-refractivity contribution in [2.24, 2.45) is 11.8 Å². The summed E-state index contributed by atoms with van der Waals surface area (Å²) < 4.78 is 4.67. The molecule has 1 rings (SSSR count). The number of unbranched alkanes of at least 4 members (excludes halogenated alkanes) is 2. The van der Waals surface area contributed by atoms with Gasteiger partial charge in [0.05, 0.1) is 7.11 Å². The molecule has 0 saturated heterocycles. The number of esters is 1. The number of methoxy groups -OCH3 is 1. The predicted molar refractivity (Wildman–Crippen MR) is 101 cm³/mol. The standard InChI is InChI=1S/C13H22O3.C8H14O/c1-3-4-5-6-11-10(7-8-12(11)14)9-13(15)16-2;1-7(2)5-4-6-8(3)9/h10-11H,3-9H2,1-2H3;5H,4,6H2,1-3H3. The van der Waals surface area contributed by atoms with Crippen molar-refractivity contribution < 1.29 is 19.1 Å². The first kappa shape index (κ1) is 23.5. The second kappa shape index (κ2) is 13.8. The van der Waals surface area contributed by atoms with Crippen LogP contribution in [0.1, 0.15) is 85.5 Å². The van der Waals surface area contributed by atoms with Gasteiger partial charge in [-0.2, -0.15) is 0 Å². The summed E-state index contributed by atoms with van der Waals surface area (Å²) in [4.78, 5) is 33.3. The molecule has 0 aromatic rings. The number of rotatable bonds is 9. The number of hydrogen-bond acceptors (Lipinski definition) is 4. The molecule has 25 heavy (non-hydrogen) atoms. The Morgan fingerprint density at radius 2 is 1.88 bits per heavy atom. The predicted octanol–water partition coefficient (Wildman–Crippen LogP) is 5.05. The lowest BCUT2D eigenvalue weighted by Crippen LogP contribution is -2.18. The molecular formula is C21H36O4. The minimum Gasteiger partial charge on any atom is -0.469 e. The van der Waals surface area contributed by atoms with Crippen molar-refractivity contribution in [2.75, 3.05) is 7.11 Å². The van der Waals surface area contributed by atoms with Crippen molar-refractivity contribution >= 4 is 17.5 Å². The Kier molecular flexibility index (Phi) is 13.0. The quantitative estimate of drug-likeness (QED) is 0.331. The molecule has 0 aromatic carbocycles. The first-order valence-electron chi connectivity index (χ1n) is 9.54. The maximum Gasteiger partial charge on any atom is 0.305 e. The highest BCUT2D eigenvalue weighted by molar-refractivity contribution is 5.84. The van der Waals surface area contributed by atoms with E-state index in [2.05, 4.69) is 17.7 Å². The molecule has 0 heterocycles. The first-order chi connectivity index (χ1) is 11.8. The zero-order valence-electron chi connectivity index (χ0n) is 16.7. The van der Waals surface area contributed by atoms with Crippen LogP contribution in [0.2, 0.25) is 0 Å². The number of ether oxygens (including phenoxy) is 1. The van der Waals surface area contributed by atoms with Crippen molar-refractivity contribution in [3.05, 3.63) is 11.6 Å². The maximum absolute atomic E-state index is 11.7. The maximum atomic E-state index is 11.7. The molecule has 0 aromatic heterocycles. The first-order valence-corrected chi connectivity index (χ1v) is 9.54. The molecule has 1 aliphatic rings. The normalized spacial score (nSPS) is 19.0. The van der Waals surface area contributed by atoms with E-state index in [1.165, 1.54) is 25.5 Å². The fraction of sp³-hybridized carbons (Fsp3) is 0.762. The van der Waals surface area contributed by atoms with Gasteiger partial charge in [0.2, 0.25) is 0 Å². The van der Waals surface area contributed by atoms with Crippen molar-refractivity contribution in [3.8, 4) is 0 Å². The molecule has 4 nitrogen and oxygen atoms in total. The second-order valence-electron chi connectivity index (χ2n) is 7.17. The smallest absolute Gasteiger partial charge is 0.305 e. The van der Waals surface area contributed by atoms with Crippen LogP contribution in [0.15, 0.2) is 11.6 Å². The largest absolute Gasteiger partial charge is 0.469 e. The Morgan fingerprint density at radius 3 is 2.40 bits per heavy atom. The molecule has 144 valence electrons. The monoisotopic (exact) mass is 352 g/mol. The van der Waals surface area contributed by atoms with E-state index < -0.39 is 0 Å². The fourth-order valence-corrected chi connectivity index (χ4v) is 3.09. The van der Waals surface area contributed by atoms with Gasteiger partial charge in [-0.3, -0.25) is 9.59 Å². The molecule has 1 aliphatic carbocycles. The summed E-state index contributed by atoms with van der Waals surface area (Å²) >= 11 is 0. The van der Waals surface area contributed by atoms with E-state index in [-0.39, 0.29) is 23.6 Å². The van der Waals surface area contributed by atoms with E-state index in [9.17, 15) is 14.4 Å². The molecular weight excluding hydrogens is 316 g/mol. The summed E-state index contributed by atoms with van der Waals surface area (Å²) in [6.45, 7) is 7.86. The van der Waals surface area contributed by atoms with Crippen LogP contribution in [0.5, 0.6) is 0 Å². The van der Waals surface area contributed by atoms with Crippen LogP contribution in [0.25, 0.3) is 0 Å². The summed E-state index contributed by atoms with van der Waals surface area (Å²) in [7, 11) is 1.41. The van der Waals surface area contributed by atoms with Gasteiger partial charge in [0, 0.05) is 25.2 Å². The lowest BCUT2D eigenvalue weighted by Gasteiger charge is -2.16. The minimum absolute atomic E-state index is 0.116. The van der Waals surface area contributed by atoms with Gasteiger partial charge in [-0.25, -0.2) is 0 Å². The van der Waals surface area contributed by atoms with Crippen LogP contribution in [0.4, 0.5) is 0 Å². The topological polar surface area (TPSA) is 60.4 Å².